The Kier molecular flexibility index (Phi) is 3.99. The van der Waals surface area contributed by atoms with E-state index >= 15 is 0 Å². The molecule has 0 atom stereocenters. The zero-order valence-corrected chi connectivity index (χ0v) is 8.13. The molecular weight excluding hydrogens is 172 g/mol. The van der Waals surface area contributed by atoms with Crippen LogP contribution in [-0.2, 0) is 19.1 Å². The van der Waals surface area contributed by atoms with E-state index in [1.807, 2.05) is 0 Å². The molecule has 0 rings (SSSR count). The number of carbonyl (C=O) groups is 2. The second kappa shape index (κ2) is 4.51. The van der Waals surface area contributed by atoms with E-state index in [1.54, 1.807) is 13.8 Å². The molecule has 0 saturated carbocycles. The average Bonchev–Trinajstić information content (AvgIpc) is 1.98. The Morgan fingerprint density at radius 1 is 1.31 bits per heavy atom. The first-order valence-corrected chi connectivity index (χ1v) is 3.68. The molecule has 0 aliphatic heterocycles. The number of ether oxygens (including phenoxy) is 2. The number of hydrogen-bond donors (Lipinski definition) is 0. The first kappa shape index (κ1) is 11.5. The lowest BCUT2D eigenvalue weighted by Crippen LogP contribution is -2.25. The van der Waals surface area contributed by atoms with Crippen LogP contribution in [0.25, 0.3) is 0 Å². The van der Waals surface area contributed by atoms with Gasteiger partial charge in [0, 0.05) is 12.8 Å². The third-order valence-corrected chi connectivity index (χ3v) is 1.05. The van der Waals surface area contributed by atoms with E-state index in [2.05, 4.69) is 16.6 Å². The Morgan fingerprint density at radius 3 is 2.23 bits per heavy atom. The van der Waals surface area contributed by atoms with Crippen LogP contribution in [0.15, 0.2) is 0 Å². The predicted octanol–water partition coefficient (Wildman–Crippen LogP) is 0.504. The van der Waals surface area contributed by atoms with Gasteiger partial charge in [0.05, 0.1) is 7.11 Å². The molecule has 0 aromatic rings. The smallest absolute Gasteiger partial charge is 0.384 e. The molecule has 0 aliphatic rings. The number of methoxy groups -OCH3 is 1. The third kappa shape index (κ3) is 5.74. The van der Waals surface area contributed by atoms with Gasteiger partial charge in [0.1, 0.15) is 0 Å². The molecule has 0 spiro atoms. The Balaban J connectivity index is 4.36. The number of esters is 2. The first-order valence-electron chi connectivity index (χ1n) is 3.68. The quantitative estimate of drug-likeness (QED) is 0.338. The molecule has 72 valence electrons. The largest absolute Gasteiger partial charge is 0.459 e. The highest BCUT2D eigenvalue weighted by atomic mass is 16.6. The molecule has 0 N–H and O–H groups in total. The van der Waals surface area contributed by atoms with Crippen molar-refractivity contribution >= 4 is 11.9 Å². The number of hydrogen-bond acceptors (Lipinski definition) is 4. The van der Waals surface area contributed by atoms with Gasteiger partial charge in [-0.15, -0.1) is 0 Å². The lowest BCUT2D eigenvalue weighted by Gasteiger charge is -2.16. The monoisotopic (exact) mass is 184 g/mol. The van der Waals surface area contributed by atoms with Crippen molar-refractivity contribution in [3.05, 3.63) is 0 Å². The van der Waals surface area contributed by atoms with Gasteiger partial charge in [0.25, 0.3) is 0 Å². The van der Waals surface area contributed by atoms with Crippen LogP contribution in [0.1, 0.15) is 20.8 Å². The predicted molar refractivity (Wildman–Crippen MR) is 45.6 cm³/mol. The fourth-order valence-corrected chi connectivity index (χ4v) is 0.637. The molecule has 0 heterocycles. The minimum atomic E-state index is -0.958. The molecule has 0 unspecified atom stereocenters. The molecule has 0 aromatic carbocycles. The molecule has 0 radical (unpaired) electrons. The third-order valence-electron chi connectivity index (χ3n) is 1.05. The van der Waals surface area contributed by atoms with Gasteiger partial charge in [0.15, 0.2) is 5.60 Å². The van der Waals surface area contributed by atoms with E-state index in [0.29, 0.717) is 0 Å². The standard InChI is InChI=1S/C9H12O4/c1-7(10)13-9(2,3)6-5-8(11)12-4/h1-4H3. The summed E-state index contributed by atoms with van der Waals surface area (Å²) in [5.41, 5.74) is -0.958. The second-order valence-corrected chi connectivity index (χ2v) is 2.85. The molecule has 0 bridgehead atoms. The minimum absolute atomic E-state index is 0.441. The van der Waals surface area contributed by atoms with Crippen molar-refractivity contribution < 1.29 is 19.1 Å². The summed E-state index contributed by atoms with van der Waals surface area (Å²) in [6, 6.07) is 0. The van der Waals surface area contributed by atoms with Crippen molar-refractivity contribution in [1.82, 2.24) is 0 Å². The molecular formula is C9H12O4. The average molecular weight is 184 g/mol. The Labute approximate surface area is 77.2 Å². The number of carbonyl (C=O) groups excluding carboxylic acids is 2. The van der Waals surface area contributed by atoms with E-state index in [4.69, 9.17) is 4.74 Å². The van der Waals surface area contributed by atoms with E-state index in [-0.39, 0.29) is 0 Å². The molecule has 0 aliphatic carbocycles. The summed E-state index contributed by atoms with van der Waals surface area (Å²) in [5.74, 6) is 3.57. The van der Waals surface area contributed by atoms with Crippen LogP contribution >= 0.6 is 0 Å². The van der Waals surface area contributed by atoms with Gasteiger partial charge < -0.3 is 9.47 Å². The fraction of sp³-hybridized carbons (Fsp3) is 0.556. The summed E-state index contributed by atoms with van der Waals surface area (Å²) in [4.78, 5) is 21.2. The van der Waals surface area contributed by atoms with Crippen molar-refractivity contribution in [3.8, 4) is 11.8 Å². The molecule has 0 amide bonds. The Morgan fingerprint density at radius 2 is 1.85 bits per heavy atom. The van der Waals surface area contributed by atoms with Crippen molar-refractivity contribution in [2.75, 3.05) is 7.11 Å². The van der Waals surface area contributed by atoms with Gasteiger partial charge in [-0.1, -0.05) is 0 Å². The van der Waals surface area contributed by atoms with Crippen molar-refractivity contribution in [2.24, 2.45) is 0 Å². The molecule has 4 nitrogen and oxygen atoms in total. The van der Waals surface area contributed by atoms with Gasteiger partial charge in [-0.3, -0.25) is 4.79 Å². The van der Waals surface area contributed by atoms with Crippen molar-refractivity contribution in [3.63, 3.8) is 0 Å². The molecule has 0 saturated heterocycles. The topological polar surface area (TPSA) is 52.6 Å². The zero-order chi connectivity index (χ0) is 10.5. The Hall–Kier alpha value is -1.50. The molecule has 0 fully saturated rings. The van der Waals surface area contributed by atoms with Gasteiger partial charge in [-0.05, 0) is 19.8 Å². The maximum Gasteiger partial charge on any atom is 0.384 e. The normalized spacial score (nSPS) is 9.54. The summed E-state index contributed by atoms with van der Waals surface area (Å²) >= 11 is 0. The maximum absolute atomic E-state index is 10.6. The lowest BCUT2D eigenvalue weighted by molar-refractivity contribution is -0.149. The summed E-state index contributed by atoms with van der Waals surface area (Å²) in [6.07, 6.45) is 0. The summed E-state index contributed by atoms with van der Waals surface area (Å²) in [5, 5.41) is 0. The summed E-state index contributed by atoms with van der Waals surface area (Å²) in [6.45, 7) is 4.45. The van der Waals surface area contributed by atoms with E-state index < -0.39 is 17.5 Å². The first-order chi connectivity index (χ1) is 5.87. The van der Waals surface area contributed by atoms with Crippen LogP contribution < -0.4 is 0 Å². The second-order valence-electron chi connectivity index (χ2n) is 2.85. The van der Waals surface area contributed by atoms with Crippen LogP contribution in [0, 0.1) is 11.8 Å². The van der Waals surface area contributed by atoms with E-state index in [9.17, 15) is 9.59 Å². The van der Waals surface area contributed by atoms with E-state index in [1.165, 1.54) is 14.0 Å². The fourth-order valence-electron chi connectivity index (χ4n) is 0.637. The highest BCUT2D eigenvalue weighted by molar-refractivity contribution is 5.88. The highest BCUT2D eigenvalue weighted by Crippen LogP contribution is 2.06. The van der Waals surface area contributed by atoms with Gasteiger partial charge in [-0.2, -0.15) is 0 Å². The van der Waals surface area contributed by atoms with Crippen LogP contribution in [-0.4, -0.2) is 24.6 Å². The maximum atomic E-state index is 10.6. The summed E-state index contributed by atoms with van der Waals surface area (Å²) in [7, 11) is 1.23. The summed E-state index contributed by atoms with van der Waals surface area (Å²) < 4.78 is 9.11. The SMILES string of the molecule is COC(=O)C#CC(C)(C)OC(C)=O. The highest BCUT2D eigenvalue weighted by Gasteiger charge is 2.17. The molecule has 4 heteroatoms. The minimum Gasteiger partial charge on any atom is -0.459 e. The van der Waals surface area contributed by atoms with Crippen LogP contribution in [0.2, 0.25) is 0 Å². The van der Waals surface area contributed by atoms with Gasteiger partial charge >= 0.3 is 11.9 Å². The van der Waals surface area contributed by atoms with Crippen LogP contribution in [0.3, 0.4) is 0 Å². The molecule has 0 aromatic heterocycles. The van der Waals surface area contributed by atoms with Gasteiger partial charge in [0.2, 0.25) is 0 Å². The zero-order valence-electron chi connectivity index (χ0n) is 8.13. The molecule has 13 heavy (non-hydrogen) atoms. The van der Waals surface area contributed by atoms with Gasteiger partial charge in [-0.25, -0.2) is 4.79 Å². The van der Waals surface area contributed by atoms with Crippen molar-refractivity contribution in [2.45, 2.75) is 26.4 Å². The van der Waals surface area contributed by atoms with Crippen molar-refractivity contribution in [1.29, 1.82) is 0 Å². The van der Waals surface area contributed by atoms with Crippen LogP contribution in [0.5, 0.6) is 0 Å². The Bertz CT molecular complexity index is 267. The number of rotatable bonds is 1. The van der Waals surface area contributed by atoms with Crippen LogP contribution in [0.4, 0.5) is 0 Å². The van der Waals surface area contributed by atoms with E-state index in [0.717, 1.165) is 0 Å². The lowest BCUT2D eigenvalue weighted by atomic mass is 10.1.